The van der Waals surface area contributed by atoms with Crippen molar-refractivity contribution in [3.63, 3.8) is 0 Å². The Hall–Kier alpha value is -2.26. The molecule has 0 radical (unpaired) electrons. The summed E-state index contributed by atoms with van der Waals surface area (Å²) in [5.41, 5.74) is 1.52. The van der Waals surface area contributed by atoms with Gasteiger partial charge in [0.15, 0.2) is 0 Å². The van der Waals surface area contributed by atoms with Gasteiger partial charge in [-0.05, 0) is 42.5 Å². The lowest BCUT2D eigenvalue weighted by Gasteiger charge is -2.34. The van der Waals surface area contributed by atoms with Crippen molar-refractivity contribution in [2.45, 2.75) is 45.8 Å². The van der Waals surface area contributed by atoms with Crippen molar-refractivity contribution in [1.29, 1.82) is 5.26 Å². The molecule has 136 valence electrons. The maximum absolute atomic E-state index is 12.0. The van der Waals surface area contributed by atoms with E-state index in [4.69, 9.17) is 5.26 Å². The monoisotopic (exact) mass is 344 g/mol. The molecule has 1 saturated heterocycles. The highest BCUT2D eigenvalue weighted by Crippen LogP contribution is 2.21. The number of aliphatic hydroxyl groups excluding tert-OH is 1. The second-order valence-electron chi connectivity index (χ2n) is 7.66. The highest BCUT2D eigenvalue weighted by molar-refractivity contribution is 5.74. The molecule has 2 amide bonds. The van der Waals surface area contributed by atoms with Gasteiger partial charge in [0.05, 0.1) is 17.7 Å². The fourth-order valence-electron chi connectivity index (χ4n) is 2.76. The molecule has 0 saturated carbocycles. The first kappa shape index (κ1) is 19.1. The van der Waals surface area contributed by atoms with Crippen molar-refractivity contribution >= 4 is 11.7 Å². The Balaban J connectivity index is 1.74. The number of hydrogen-bond acceptors (Lipinski definition) is 4. The number of amides is 2. The number of piperidine rings is 1. The van der Waals surface area contributed by atoms with Crippen LogP contribution >= 0.6 is 0 Å². The molecule has 25 heavy (non-hydrogen) atoms. The number of urea groups is 1. The van der Waals surface area contributed by atoms with E-state index in [-0.39, 0.29) is 24.0 Å². The topological polar surface area (TPSA) is 88.4 Å². The Labute approximate surface area is 149 Å². The van der Waals surface area contributed by atoms with E-state index in [1.54, 1.807) is 0 Å². The zero-order chi connectivity index (χ0) is 18.4. The molecule has 6 heteroatoms. The smallest absolute Gasteiger partial charge is 0.315 e. The maximum Gasteiger partial charge on any atom is 0.315 e. The molecular formula is C19H28N4O2. The molecule has 0 aliphatic carbocycles. The van der Waals surface area contributed by atoms with Crippen molar-refractivity contribution < 1.29 is 9.90 Å². The average molecular weight is 344 g/mol. The standard InChI is InChI=1S/C19H28N4O2/c1-19(2,3)17(24)13-21-18(25)22-15-8-10-23(11-9-15)16-6-4-14(12-20)5-7-16/h4-7,15,17,24H,8-11,13H2,1-3H3,(H2,21,22,25). The fourth-order valence-corrected chi connectivity index (χ4v) is 2.76. The Bertz CT molecular complexity index is 608. The van der Waals surface area contributed by atoms with E-state index in [1.807, 2.05) is 45.0 Å². The van der Waals surface area contributed by atoms with Crippen LogP contribution < -0.4 is 15.5 Å². The summed E-state index contributed by atoms with van der Waals surface area (Å²) in [6.07, 6.45) is 1.17. The largest absolute Gasteiger partial charge is 0.391 e. The Kier molecular flexibility index (Phi) is 6.27. The second kappa shape index (κ2) is 8.21. The Morgan fingerprint density at radius 2 is 1.92 bits per heavy atom. The van der Waals surface area contributed by atoms with Crippen LogP contribution in [0.25, 0.3) is 0 Å². The maximum atomic E-state index is 12.0. The molecule has 1 aromatic carbocycles. The molecule has 1 unspecified atom stereocenters. The van der Waals surface area contributed by atoms with Crippen LogP contribution in [0, 0.1) is 16.7 Å². The predicted molar refractivity (Wildman–Crippen MR) is 98.4 cm³/mol. The van der Waals surface area contributed by atoms with Gasteiger partial charge in [0.25, 0.3) is 0 Å². The molecule has 0 spiro atoms. The van der Waals surface area contributed by atoms with Crippen molar-refractivity contribution in [2.75, 3.05) is 24.5 Å². The van der Waals surface area contributed by atoms with Crippen molar-refractivity contribution in [3.8, 4) is 6.07 Å². The lowest BCUT2D eigenvalue weighted by molar-refractivity contribution is 0.0648. The molecule has 2 rings (SSSR count). The third kappa shape index (κ3) is 5.64. The van der Waals surface area contributed by atoms with E-state index in [2.05, 4.69) is 21.6 Å². The second-order valence-corrected chi connectivity index (χ2v) is 7.66. The highest BCUT2D eigenvalue weighted by atomic mass is 16.3. The van der Waals surface area contributed by atoms with Crippen LogP contribution in [0.15, 0.2) is 24.3 Å². The zero-order valence-corrected chi connectivity index (χ0v) is 15.2. The molecule has 1 atom stereocenters. The van der Waals surface area contributed by atoms with Crippen LogP contribution in [-0.4, -0.2) is 42.9 Å². The van der Waals surface area contributed by atoms with Crippen LogP contribution in [0.1, 0.15) is 39.2 Å². The first-order chi connectivity index (χ1) is 11.8. The third-order valence-corrected chi connectivity index (χ3v) is 4.65. The van der Waals surface area contributed by atoms with E-state index in [9.17, 15) is 9.90 Å². The highest BCUT2D eigenvalue weighted by Gasteiger charge is 2.24. The Morgan fingerprint density at radius 1 is 1.32 bits per heavy atom. The van der Waals surface area contributed by atoms with Gasteiger partial charge in [0, 0.05) is 31.4 Å². The summed E-state index contributed by atoms with van der Waals surface area (Å²) in [5.74, 6) is 0. The summed E-state index contributed by atoms with van der Waals surface area (Å²) >= 11 is 0. The lowest BCUT2D eigenvalue weighted by atomic mass is 9.89. The number of hydrogen-bond donors (Lipinski definition) is 3. The minimum Gasteiger partial charge on any atom is -0.391 e. The van der Waals surface area contributed by atoms with Gasteiger partial charge in [0.2, 0.25) is 0 Å². The van der Waals surface area contributed by atoms with Gasteiger partial charge in [-0.1, -0.05) is 20.8 Å². The fraction of sp³-hybridized carbons (Fsp3) is 0.579. The average Bonchev–Trinajstić information content (AvgIpc) is 2.59. The predicted octanol–water partition coefficient (Wildman–Crippen LogP) is 2.23. The molecule has 3 N–H and O–H groups in total. The quantitative estimate of drug-likeness (QED) is 0.781. The van der Waals surface area contributed by atoms with Gasteiger partial charge in [-0.15, -0.1) is 0 Å². The van der Waals surface area contributed by atoms with Gasteiger partial charge in [-0.25, -0.2) is 4.79 Å². The Morgan fingerprint density at radius 3 is 2.44 bits per heavy atom. The van der Waals surface area contributed by atoms with Crippen molar-refractivity contribution in [3.05, 3.63) is 29.8 Å². The van der Waals surface area contributed by atoms with Crippen LogP contribution in [0.2, 0.25) is 0 Å². The summed E-state index contributed by atoms with van der Waals surface area (Å²) < 4.78 is 0. The van der Waals surface area contributed by atoms with Gasteiger partial charge < -0.3 is 20.6 Å². The summed E-state index contributed by atoms with van der Waals surface area (Å²) in [5, 5.41) is 24.6. The number of rotatable bonds is 4. The van der Waals surface area contributed by atoms with E-state index in [0.29, 0.717) is 5.56 Å². The first-order valence-electron chi connectivity index (χ1n) is 8.77. The molecule has 0 aromatic heterocycles. The third-order valence-electron chi connectivity index (χ3n) is 4.65. The van der Waals surface area contributed by atoms with Crippen molar-refractivity contribution in [1.82, 2.24) is 10.6 Å². The number of aliphatic hydroxyl groups is 1. The molecule has 1 fully saturated rings. The van der Waals surface area contributed by atoms with Gasteiger partial charge >= 0.3 is 6.03 Å². The summed E-state index contributed by atoms with van der Waals surface area (Å²) in [6, 6.07) is 9.63. The number of benzene rings is 1. The molecule has 6 nitrogen and oxygen atoms in total. The molecule has 1 aliphatic heterocycles. The number of carbonyl (C=O) groups excluding carboxylic acids is 1. The lowest BCUT2D eigenvalue weighted by Crippen LogP contribution is -2.50. The summed E-state index contributed by atoms with van der Waals surface area (Å²) in [7, 11) is 0. The molecule has 1 aliphatic rings. The van der Waals surface area contributed by atoms with Crippen LogP contribution in [0.3, 0.4) is 0 Å². The van der Waals surface area contributed by atoms with E-state index >= 15 is 0 Å². The normalized spacial score (nSPS) is 16.8. The molecule has 1 aromatic rings. The van der Waals surface area contributed by atoms with Gasteiger partial charge in [-0.2, -0.15) is 5.26 Å². The van der Waals surface area contributed by atoms with Gasteiger partial charge in [-0.3, -0.25) is 0 Å². The number of carbonyl (C=O) groups is 1. The summed E-state index contributed by atoms with van der Waals surface area (Å²) in [4.78, 5) is 14.3. The number of nitrogens with zero attached hydrogens (tertiary/aromatic N) is 2. The summed E-state index contributed by atoms with van der Waals surface area (Å²) in [6.45, 7) is 7.80. The van der Waals surface area contributed by atoms with Crippen molar-refractivity contribution in [2.24, 2.45) is 5.41 Å². The van der Waals surface area contributed by atoms with Crippen LogP contribution in [0.4, 0.5) is 10.5 Å². The molecule has 0 bridgehead atoms. The number of anilines is 1. The molecular weight excluding hydrogens is 316 g/mol. The molecule has 1 heterocycles. The van der Waals surface area contributed by atoms with Crippen LogP contribution in [-0.2, 0) is 0 Å². The number of nitriles is 1. The minimum atomic E-state index is -0.573. The van der Waals surface area contributed by atoms with E-state index < -0.39 is 6.10 Å². The van der Waals surface area contributed by atoms with Crippen LogP contribution in [0.5, 0.6) is 0 Å². The SMILES string of the molecule is CC(C)(C)C(O)CNC(=O)NC1CCN(c2ccc(C#N)cc2)CC1. The minimum absolute atomic E-state index is 0.140. The van der Waals surface area contributed by atoms with E-state index in [1.165, 1.54) is 0 Å². The number of nitrogens with one attached hydrogen (secondary N) is 2. The van der Waals surface area contributed by atoms with Gasteiger partial charge in [0.1, 0.15) is 0 Å². The first-order valence-corrected chi connectivity index (χ1v) is 8.77. The zero-order valence-electron chi connectivity index (χ0n) is 15.2. The van der Waals surface area contributed by atoms with E-state index in [0.717, 1.165) is 31.6 Å².